The Hall–Kier alpha value is -1.37. The molecule has 154 valence electrons. The van der Waals surface area contributed by atoms with Crippen molar-refractivity contribution in [2.24, 2.45) is 0 Å². The molecule has 5 nitrogen and oxygen atoms in total. The van der Waals surface area contributed by atoms with E-state index in [4.69, 9.17) is 9.16 Å². The van der Waals surface area contributed by atoms with E-state index in [2.05, 4.69) is 69.1 Å². The minimum Gasteiger partial charge on any atom is -0.441 e. The number of piperazine rings is 1. The van der Waals surface area contributed by atoms with Crippen molar-refractivity contribution in [2.45, 2.75) is 82.5 Å². The Morgan fingerprint density at radius 1 is 1.18 bits per heavy atom. The minimum absolute atomic E-state index is 0.111. The van der Waals surface area contributed by atoms with Gasteiger partial charge in [0.15, 0.2) is 8.32 Å². The molecule has 4 rings (SSSR count). The van der Waals surface area contributed by atoms with E-state index >= 15 is 0 Å². The first-order valence-corrected chi connectivity index (χ1v) is 13.5. The van der Waals surface area contributed by atoms with E-state index in [9.17, 15) is 4.79 Å². The molecule has 0 radical (unpaired) electrons. The molecule has 0 spiro atoms. The van der Waals surface area contributed by atoms with Crippen molar-refractivity contribution in [1.82, 2.24) is 9.80 Å². The molecule has 2 bridgehead atoms. The quantitative estimate of drug-likeness (QED) is 0.691. The van der Waals surface area contributed by atoms with Gasteiger partial charge in [0.05, 0.1) is 12.6 Å². The lowest BCUT2D eigenvalue weighted by Gasteiger charge is -2.44. The largest absolute Gasteiger partial charge is 0.441 e. The lowest BCUT2D eigenvalue weighted by Crippen LogP contribution is -2.60. The number of benzene rings is 1. The van der Waals surface area contributed by atoms with Gasteiger partial charge < -0.3 is 9.16 Å². The fourth-order valence-corrected chi connectivity index (χ4v) is 5.69. The average molecular weight is 403 g/mol. The number of amides is 1. The van der Waals surface area contributed by atoms with Crippen LogP contribution in [0.1, 0.15) is 39.2 Å². The molecule has 3 heterocycles. The highest BCUT2D eigenvalue weighted by Gasteiger charge is 2.56. The van der Waals surface area contributed by atoms with Crippen molar-refractivity contribution < 1.29 is 14.0 Å². The Morgan fingerprint density at radius 3 is 2.57 bits per heavy atom. The summed E-state index contributed by atoms with van der Waals surface area (Å²) in [5.74, 6) is 0. The molecule has 3 aliphatic rings. The van der Waals surface area contributed by atoms with Gasteiger partial charge in [-0.2, -0.15) is 0 Å². The summed E-state index contributed by atoms with van der Waals surface area (Å²) < 4.78 is 12.3. The summed E-state index contributed by atoms with van der Waals surface area (Å²) in [6.07, 6.45) is 1.98. The predicted molar refractivity (Wildman–Crippen MR) is 113 cm³/mol. The van der Waals surface area contributed by atoms with Crippen LogP contribution in [0.2, 0.25) is 18.1 Å². The summed E-state index contributed by atoms with van der Waals surface area (Å²) in [6, 6.07) is 11.6. The van der Waals surface area contributed by atoms with Crippen molar-refractivity contribution in [1.29, 1.82) is 0 Å². The van der Waals surface area contributed by atoms with Gasteiger partial charge in [-0.1, -0.05) is 51.1 Å². The van der Waals surface area contributed by atoms with Crippen LogP contribution in [0.4, 0.5) is 4.79 Å². The highest BCUT2D eigenvalue weighted by atomic mass is 28.4. The first-order chi connectivity index (χ1) is 13.2. The summed E-state index contributed by atoms with van der Waals surface area (Å²) in [7, 11) is -1.87. The zero-order valence-corrected chi connectivity index (χ0v) is 18.9. The summed E-state index contributed by atoms with van der Waals surface area (Å²) in [6.45, 7) is 13.5. The van der Waals surface area contributed by atoms with Gasteiger partial charge in [-0.25, -0.2) is 4.79 Å². The van der Waals surface area contributed by atoms with Gasteiger partial charge in [0.2, 0.25) is 0 Å². The first kappa shape index (κ1) is 19.9. The standard InChI is InChI=1S/C22H34N2O3Si/c1-22(2,3)28(4,5)26-15-19-20-18-12-11-17(14-24(20)21(25)27-19)23(18)13-16-9-7-6-8-10-16/h6-10,17-20H,11-15H2,1-5H3. The zero-order chi connectivity index (χ0) is 20.1. The maximum absolute atomic E-state index is 12.6. The molecule has 28 heavy (non-hydrogen) atoms. The van der Waals surface area contributed by atoms with E-state index in [1.165, 1.54) is 5.56 Å². The van der Waals surface area contributed by atoms with Crippen LogP contribution in [0.3, 0.4) is 0 Å². The molecular formula is C22H34N2O3Si. The van der Waals surface area contributed by atoms with Crippen molar-refractivity contribution in [3.63, 3.8) is 0 Å². The third-order valence-corrected chi connectivity index (χ3v) is 11.8. The molecule has 0 N–H and O–H groups in total. The van der Waals surface area contributed by atoms with Crippen molar-refractivity contribution in [3.8, 4) is 0 Å². The predicted octanol–water partition coefficient (Wildman–Crippen LogP) is 4.24. The molecule has 3 saturated heterocycles. The molecule has 0 aromatic heterocycles. The van der Waals surface area contributed by atoms with Crippen molar-refractivity contribution >= 4 is 14.4 Å². The van der Waals surface area contributed by atoms with E-state index in [0.29, 0.717) is 18.7 Å². The Labute approximate surface area is 170 Å². The fraction of sp³-hybridized carbons (Fsp3) is 0.682. The van der Waals surface area contributed by atoms with Crippen LogP contribution in [0.15, 0.2) is 30.3 Å². The topological polar surface area (TPSA) is 42.0 Å². The van der Waals surface area contributed by atoms with Crippen molar-refractivity contribution in [3.05, 3.63) is 35.9 Å². The molecule has 4 atom stereocenters. The summed E-state index contributed by atoms with van der Waals surface area (Å²) in [5.41, 5.74) is 1.34. The fourth-order valence-electron chi connectivity index (χ4n) is 4.68. The summed E-state index contributed by atoms with van der Waals surface area (Å²) in [5, 5.41) is 0.152. The summed E-state index contributed by atoms with van der Waals surface area (Å²) >= 11 is 0. The second-order valence-electron chi connectivity index (χ2n) is 10.1. The number of carbonyl (C=O) groups is 1. The molecular weight excluding hydrogens is 368 g/mol. The SMILES string of the molecule is CC(C)(C)[Si](C)(C)OCC1OC(=O)N2CC3CCC(C12)N3Cc1ccccc1. The average Bonchev–Trinajstić information content (AvgIpc) is 3.08. The Morgan fingerprint density at radius 2 is 1.89 bits per heavy atom. The summed E-state index contributed by atoms with van der Waals surface area (Å²) in [4.78, 5) is 17.2. The van der Waals surface area contributed by atoms with Crippen LogP contribution in [0.5, 0.6) is 0 Å². The third-order valence-electron chi connectivity index (χ3n) is 7.34. The normalized spacial score (nSPS) is 30.5. The number of hydrogen-bond donors (Lipinski definition) is 0. The molecule has 0 aliphatic carbocycles. The highest BCUT2D eigenvalue weighted by Crippen LogP contribution is 2.42. The number of hydrogen-bond acceptors (Lipinski definition) is 4. The van der Waals surface area contributed by atoms with E-state index < -0.39 is 8.32 Å². The van der Waals surface area contributed by atoms with Crippen LogP contribution in [-0.4, -0.2) is 61.6 Å². The van der Waals surface area contributed by atoms with Gasteiger partial charge in [0.25, 0.3) is 0 Å². The maximum atomic E-state index is 12.6. The highest BCUT2D eigenvalue weighted by molar-refractivity contribution is 6.74. The number of cyclic esters (lactones) is 1. The Bertz CT molecular complexity index is 718. The van der Waals surface area contributed by atoms with Gasteiger partial charge >= 0.3 is 6.09 Å². The monoisotopic (exact) mass is 402 g/mol. The lowest BCUT2D eigenvalue weighted by molar-refractivity contribution is 0.0210. The number of fused-ring (bicyclic) bond motifs is 4. The van der Waals surface area contributed by atoms with Gasteiger partial charge in [0, 0.05) is 25.2 Å². The van der Waals surface area contributed by atoms with Crippen LogP contribution in [-0.2, 0) is 15.7 Å². The molecule has 1 aromatic carbocycles. The molecule has 3 fully saturated rings. The van der Waals surface area contributed by atoms with Gasteiger partial charge in [-0.05, 0) is 36.5 Å². The molecule has 4 unspecified atom stereocenters. The van der Waals surface area contributed by atoms with E-state index in [-0.39, 0.29) is 23.3 Å². The lowest BCUT2D eigenvalue weighted by atomic mass is 9.98. The molecule has 6 heteroatoms. The van der Waals surface area contributed by atoms with Crippen LogP contribution in [0.25, 0.3) is 0 Å². The number of carbonyl (C=O) groups excluding carboxylic acids is 1. The van der Waals surface area contributed by atoms with E-state index in [0.717, 1.165) is 25.9 Å². The van der Waals surface area contributed by atoms with Gasteiger partial charge in [-0.15, -0.1) is 0 Å². The van der Waals surface area contributed by atoms with E-state index in [1.807, 2.05) is 4.90 Å². The number of ether oxygens (including phenoxy) is 1. The number of nitrogens with zero attached hydrogens (tertiary/aromatic N) is 2. The second-order valence-corrected chi connectivity index (χ2v) is 14.9. The Kier molecular flexibility index (Phi) is 5.09. The Balaban J connectivity index is 1.50. The first-order valence-electron chi connectivity index (χ1n) is 10.6. The smallest absolute Gasteiger partial charge is 0.410 e. The van der Waals surface area contributed by atoms with Gasteiger partial charge in [0.1, 0.15) is 6.10 Å². The molecule has 1 amide bonds. The third kappa shape index (κ3) is 3.51. The van der Waals surface area contributed by atoms with Crippen LogP contribution >= 0.6 is 0 Å². The van der Waals surface area contributed by atoms with Gasteiger partial charge in [-0.3, -0.25) is 9.80 Å². The minimum atomic E-state index is -1.87. The molecule has 1 aromatic rings. The van der Waals surface area contributed by atoms with Crippen LogP contribution in [0, 0.1) is 0 Å². The van der Waals surface area contributed by atoms with Crippen LogP contribution < -0.4 is 0 Å². The van der Waals surface area contributed by atoms with Crippen molar-refractivity contribution in [2.75, 3.05) is 13.2 Å². The van der Waals surface area contributed by atoms with E-state index in [1.54, 1.807) is 0 Å². The maximum Gasteiger partial charge on any atom is 0.410 e. The number of rotatable bonds is 5. The molecule has 3 aliphatic heterocycles. The zero-order valence-electron chi connectivity index (χ0n) is 17.9. The molecule has 0 saturated carbocycles. The second kappa shape index (κ2) is 7.15.